The van der Waals surface area contributed by atoms with E-state index in [2.05, 4.69) is 10.6 Å². The van der Waals surface area contributed by atoms with E-state index in [0.29, 0.717) is 24.5 Å². The first-order chi connectivity index (χ1) is 13.3. The summed E-state index contributed by atoms with van der Waals surface area (Å²) in [7, 11) is -3.45. The van der Waals surface area contributed by atoms with Crippen LogP contribution in [0.5, 0.6) is 0 Å². The van der Waals surface area contributed by atoms with Gasteiger partial charge in [-0.1, -0.05) is 0 Å². The van der Waals surface area contributed by atoms with Gasteiger partial charge in [0.1, 0.15) is 11.5 Å². The minimum Gasteiger partial charge on any atom is -0.462 e. The summed E-state index contributed by atoms with van der Waals surface area (Å²) in [6.07, 6.45) is 4.64. The van der Waals surface area contributed by atoms with Crippen LogP contribution in [0, 0.1) is 6.92 Å². The van der Waals surface area contributed by atoms with Crippen LogP contribution in [-0.2, 0) is 14.8 Å². The molecule has 2 N–H and O–H groups in total. The van der Waals surface area contributed by atoms with Crippen molar-refractivity contribution in [2.24, 2.45) is 0 Å². The Morgan fingerprint density at radius 1 is 1.14 bits per heavy atom. The highest BCUT2D eigenvalue weighted by atomic mass is 32.2. The van der Waals surface area contributed by atoms with Gasteiger partial charge < -0.3 is 9.73 Å². The number of amides is 1. The zero-order valence-corrected chi connectivity index (χ0v) is 17.0. The average Bonchev–Trinajstić information content (AvgIpc) is 3.32. The van der Waals surface area contributed by atoms with Crippen molar-refractivity contribution in [2.45, 2.75) is 24.7 Å². The van der Waals surface area contributed by atoms with Gasteiger partial charge in [-0.15, -0.1) is 0 Å². The highest BCUT2D eigenvalue weighted by Crippen LogP contribution is 2.22. The number of rotatable bonds is 5. The van der Waals surface area contributed by atoms with Crippen LogP contribution in [-0.4, -0.2) is 36.8 Å². The second kappa shape index (κ2) is 8.68. The minimum atomic E-state index is -3.45. The first-order valence-corrected chi connectivity index (χ1v) is 10.7. The van der Waals surface area contributed by atoms with Gasteiger partial charge in [0, 0.05) is 24.9 Å². The number of thiocarbonyl (C=S) groups is 1. The molecule has 148 valence electrons. The number of nitrogens with zero attached hydrogens (tertiary/aromatic N) is 1. The molecule has 28 heavy (non-hydrogen) atoms. The van der Waals surface area contributed by atoms with Gasteiger partial charge in [-0.3, -0.25) is 10.1 Å². The topological polar surface area (TPSA) is 91.7 Å². The summed E-state index contributed by atoms with van der Waals surface area (Å²) < 4.78 is 31.9. The number of carbonyl (C=O) groups excluding carboxylic acids is 1. The van der Waals surface area contributed by atoms with Crippen molar-refractivity contribution in [3.8, 4) is 0 Å². The first-order valence-electron chi connectivity index (χ1n) is 8.81. The third-order valence-electron chi connectivity index (χ3n) is 4.21. The fourth-order valence-corrected chi connectivity index (χ4v) is 4.54. The van der Waals surface area contributed by atoms with E-state index in [0.717, 1.165) is 18.6 Å². The minimum absolute atomic E-state index is 0.112. The molecule has 7 nitrogen and oxygen atoms in total. The molecule has 0 aliphatic carbocycles. The Kier molecular flexibility index (Phi) is 6.28. The standard InChI is InChI=1S/C19H21N3O4S2/c1-14-4-7-16(26-14)8-11-18(23)21-19(27)20-15-5-9-17(10-6-15)28(24,25)22-12-2-3-13-22/h4-11H,2-3,12-13H2,1H3,(H2,20,21,23,27). The molecule has 0 radical (unpaired) electrons. The van der Waals surface area contributed by atoms with Crippen LogP contribution >= 0.6 is 12.2 Å². The molecule has 1 saturated heterocycles. The molecular weight excluding hydrogens is 398 g/mol. The highest BCUT2D eigenvalue weighted by molar-refractivity contribution is 7.89. The van der Waals surface area contributed by atoms with Crippen molar-refractivity contribution in [1.29, 1.82) is 0 Å². The predicted octanol–water partition coefficient (Wildman–Crippen LogP) is 2.90. The molecule has 1 amide bonds. The van der Waals surface area contributed by atoms with E-state index < -0.39 is 15.9 Å². The summed E-state index contributed by atoms with van der Waals surface area (Å²) in [5, 5.41) is 5.49. The molecule has 1 aromatic heterocycles. The molecule has 3 rings (SSSR count). The molecule has 1 aliphatic heterocycles. The summed E-state index contributed by atoms with van der Waals surface area (Å²) in [5.74, 6) is 0.925. The Balaban J connectivity index is 1.55. The number of anilines is 1. The first kappa shape index (κ1) is 20.2. The Labute approximate surface area is 169 Å². The number of sulfonamides is 1. The van der Waals surface area contributed by atoms with E-state index in [4.69, 9.17) is 16.6 Å². The van der Waals surface area contributed by atoms with Gasteiger partial charge in [0.05, 0.1) is 4.90 Å². The van der Waals surface area contributed by atoms with Gasteiger partial charge in [-0.25, -0.2) is 8.42 Å². The number of benzene rings is 1. The van der Waals surface area contributed by atoms with Gasteiger partial charge in [-0.05, 0) is 74.5 Å². The zero-order chi connectivity index (χ0) is 20.1. The number of furan rings is 1. The van der Waals surface area contributed by atoms with Crippen LogP contribution in [0.25, 0.3) is 6.08 Å². The summed E-state index contributed by atoms with van der Waals surface area (Å²) in [5.41, 5.74) is 0.580. The zero-order valence-electron chi connectivity index (χ0n) is 15.3. The van der Waals surface area contributed by atoms with E-state index in [-0.39, 0.29) is 10.0 Å². The Hall–Kier alpha value is -2.49. The van der Waals surface area contributed by atoms with Crippen LogP contribution in [0.1, 0.15) is 24.4 Å². The molecule has 0 atom stereocenters. The van der Waals surface area contributed by atoms with E-state index >= 15 is 0 Å². The molecule has 0 unspecified atom stereocenters. The summed E-state index contributed by atoms with van der Waals surface area (Å²) in [4.78, 5) is 12.1. The maximum Gasteiger partial charge on any atom is 0.250 e. The lowest BCUT2D eigenvalue weighted by atomic mass is 10.3. The van der Waals surface area contributed by atoms with Crippen LogP contribution in [0.4, 0.5) is 5.69 Å². The lowest BCUT2D eigenvalue weighted by Gasteiger charge is -2.16. The van der Waals surface area contributed by atoms with Crippen molar-refractivity contribution >= 4 is 45.0 Å². The van der Waals surface area contributed by atoms with Crippen molar-refractivity contribution in [2.75, 3.05) is 18.4 Å². The van der Waals surface area contributed by atoms with Crippen LogP contribution in [0.2, 0.25) is 0 Å². The fraction of sp³-hybridized carbons (Fsp3) is 0.263. The third-order valence-corrected chi connectivity index (χ3v) is 6.33. The second-order valence-corrected chi connectivity index (χ2v) is 8.71. The number of aryl methyl sites for hydroxylation is 1. The van der Waals surface area contributed by atoms with Gasteiger partial charge in [0.25, 0.3) is 0 Å². The van der Waals surface area contributed by atoms with Crippen molar-refractivity contribution < 1.29 is 17.6 Å². The van der Waals surface area contributed by atoms with Crippen LogP contribution < -0.4 is 10.6 Å². The third kappa shape index (κ3) is 5.06. The second-order valence-electron chi connectivity index (χ2n) is 6.36. The Morgan fingerprint density at radius 2 is 1.82 bits per heavy atom. The van der Waals surface area contributed by atoms with Crippen molar-refractivity contribution in [3.05, 3.63) is 54.0 Å². The van der Waals surface area contributed by atoms with E-state index in [1.54, 1.807) is 30.3 Å². The van der Waals surface area contributed by atoms with E-state index in [1.807, 2.05) is 6.92 Å². The summed E-state index contributed by atoms with van der Waals surface area (Å²) >= 11 is 5.11. The Morgan fingerprint density at radius 3 is 2.43 bits per heavy atom. The van der Waals surface area contributed by atoms with Crippen molar-refractivity contribution in [3.63, 3.8) is 0 Å². The fourth-order valence-electron chi connectivity index (χ4n) is 2.80. The lowest BCUT2D eigenvalue weighted by Crippen LogP contribution is -2.32. The summed E-state index contributed by atoms with van der Waals surface area (Å²) in [6.45, 7) is 2.94. The number of nitrogens with one attached hydrogen (secondary N) is 2. The smallest absolute Gasteiger partial charge is 0.250 e. The molecule has 1 aromatic carbocycles. The SMILES string of the molecule is Cc1ccc(C=CC(=O)NC(=S)Nc2ccc(S(=O)(=O)N3CCCC3)cc2)o1. The maximum absolute atomic E-state index is 12.5. The maximum atomic E-state index is 12.5. The molecular formula is C19H21N3O4S2. The number of carbonyl (C=O) groups is 1. The van der Waals surface area contributed by atoms with Gasteiger partial charge in [0.15, 0.2) is 5.11 Å². The van der Waals surface area contributed by atoms with Gasteiger partial charge in [0.2, 0.25) is 15.9 Å². The van der Waals surface area contributed by atoms with E-state index in [9.17, 15) is 13.2 Å². The Bertz CT molecular complexity index is 988. The highest BCUT2D eigenvalue weighted by Gasteiger charge is 2.26. The molecule has 9 heteroatoms. The molecule has 2 aromatic rings. The van der Waals surface area contributed by atoms with E-state index in [1.165, 1.54) is 22.5 Å². The molecule has 1 fully saturated rings. The van der Waals surface area contributed by atoms with Crippen LogP contribution in [0.3, 0.4) is 0 Å². The number of hydrogen-bond acceptors (Lipinski definition) is 5. The molecule has 0 spiro atoms. The molecule has 2 heterocycles. The number of hydrogen-bond donors (Lipinski definition) is 2. The van der Waals surface area contributed by atoms with Crippen molar-refractivity contribution in [1.82, 2.24) is 9.62 Å². The molecule has 0 bridgehead atoms. The predicted molar refractivity (Wildman–Crippen MR) is 111 cm³/mol. The molecule has 0 saturated carbocycles. The van der Waals surface area contributed by atoms with Crippen LogP contribution in [0.15, 0.2) is 51.8 Å². The molecule has 1 aliphatic rings. The summed E-state index contributed by atoms with van der Waals surface area (Å²) in [6, 6.07) is 9.84. The normalized spacial score (nSPS) is 15.0. The van der Waals surface area contributed by atoms with Gasteiger partial charge in [-0.2, -0.15) is 4.31 Å². The largest absolute Gasteiger partial charge is 0.462 e. The monoisotopic (exact) mass is 419 g/mol. The lowest BCUT2D eigenvalue weighted by molar-refractivity contribution is -0.115. The van der Waals surface area contributed by atoms with Gasteiger partial charge >= 0.3 is 0 Å². The average molecular weight is 420 g/mol. The quantitative estimate of drug-likeness (QED) is 0.572.